The van der Waals surface area contributed by atoms with E-state index in [0.717, 1.165) is 11.3 Å². The summed E-state index contributed by atoms with van der Waals surface area (Å²) < 4.78 is 5.60. The van der Waals surface area contributed by atoms with E-state index in [-0.39, 0.29) is 30.3 Å². The molecule has 0 unspecified atom stereocenters. The van der Waals surface area contributed by atoms with Gasteiger partial charge in [-0.3, -0.25) is 4.79 Å². The van der Waals surface area contributed by atoms with Crippen molar-refractivity contribution in [3.63, 3.8) is 0 Å². The lowest BCUT2D eigenvalue weighted by atomic mass is 10.1. The maximum absolute atomic E-state index is 12.2. The van der Waals surface area contributed by atoms with Gasteiger partial charge >= 0.3 is 6.03 Å². The molecule has 0 bridgehead atoms. The molecule has 0 spiro atoms. The summed E-state index contributed by atoms with van der Waals surface area (Å²) in [6.07, 6.45) is 0.0630. The number of carbonyl (C=O) groups excluding carboxylic acids is 1. The van der Waals surface area contributed by atoms with E-state index in [1.165, 1.54) is 0 Å². The highest BCUT2D eigenvalue weighted by Gasteiger charge is 2.25. The third-order valence-electron chi connectivity index (χ3n) is 3.62. The molecule has 0 aliphatic carbocycles. The number of pyridine rings is 1. The number of amides is 2. The lowest BCUT2D eigenvalue weighted by Crippen LogP contribution is -2.51. The Morgan fingerprint density at radius 1 is 1.38 bits per heavy atom. The summed E-state index contributed by atoms with van der Waals surface area (Å²) in [4.78, 5) is 28.6. The molecular weight excluding hydrogens is 270 g/mol. The van der Waals surface area contributed by atoms with Crippen LogP contribution in [0.3, 0.4) is 0 Å². The quantitative estimate of drug-likeness (QED) is 0.863. The Morgan fingerprint density at radius 3 is 2.57 bits per heavy atom. The number of hydrogen-bond acceptors (Lipinski definition) is 3. The second-order valence-corrected chi connectivity index (χ2v) is 5.76. The first-order chi connectivity index (χ1) is 9.86. The largest absolute Gasteiger partial charge is 0.372 e. The number of nitrogens with one attached hydrogen (secondary N) is 2. The number of aryl methyl sites for hydroxylation is 2. The van der Waals surface area contributed by atoms with Crippen LogP contribution in [0.15, 0.2) is 10.9 Å². The first-order valence-electron chi connectivity index (χ1n) is 7.24. The summed E-state index contributed by atoms with van der Waals surface area (Å²) in [5, 5.41) is 2.82. The van der Waals surface area contributed by atoms with Gasteiger partial charge in [-0.1, -0.05) is 0 Å². The lowest BCUT2D eigenvalue weighted by Gasteiger charge is -2.35. The van der Waals surface area contributed by atoms with E-state index in [4.69, 9.17) is 4.74 Å². The zero-order valence-electron chi connectivity index (χ0n) is 13.0. The molecule has 0 aromatic carbocycles. The molecule has 2 N–H and O–H groups in total. The van der Waals surface area contributed by atoms with Crippen molar-refractivity contribution in [3.8, 4) is 0 Å². The molecule has 2 heterocycles. The summed E-state index contributed by atoms with van der Waals surface area (Å²) in [6.45, 7) is 8.99. The van der Waals surface area contributed by atoms with E-state index in [0.29, 0.717) is 18.7 Å². The van der Waals surface area contributed by atoms with E-state index >= 15 is 0 Å². The van der Waals surface area contributed by atoms with Gasteiger partial charge in [-0.2, -0.15) is 0 Å². The summed E-state index contributed by atoms with van der Waals surface area (Å²) in [5.41, 5.74) is 2.17. The molecule has 0 saturated carbocycles. The highest BCUT2D eigenvalue weighted by Crippen LogP contribution is 2.11. The fraction of sp³-hybridized carbons (Fsp3) is 0.600. The van der Waals surface area contributed by atoms with Gasteiger partial charge in [0.2, 0.25) is 0 Å². The minimum atomic E-state index is -0.156. The smallest absolute Gasteiger partial charge is 0.317 e. The van der Waals surface area contributed by atoms with Crippen molar-refractivity contribution < 1.29 is 9.53 Å². The van der Waals surface area contributed by atoms with Crippen LogP contribution in [0.5, 0.6) is 0 Å². The minimum Gasteiger partial charge on any atom is -0.372 e. The van der Waals surface area contributed by atoms with E-state index in [9.17, 15) is 9.59 Å². The average Bonchev–Trinajstić information content (AvgIpc) is 2.35. The molecule has 21 heavy (non-hydrogen) atoms. The van der Waals surface area contributed by atoms with Gasteiger partial charge in [-0.05, 0) is 39.3 Å². The fourth-order valence-electron chi connectivity index (χ4n) is 2.72. The number of aromatic nitrogens is 1. The highest BCUT2D eigenvalue weighted by molar-refractivity contribution is 5.74. The van der Waals surface area contributed by atoms with Gasteiger partial charge in [0.1, 0.15) is 0 Å². The SMILES string of the molecule is Cc1cc(C)c(CNC(=O)N2C[C@@H](C)O[C@@H](C)C2)c(=O)[nH]1. The van der Waals surface area contributed by atoms with Crippen LogP contribution >= 0.6 is 0 Å². The second kappa shape index (κ2) is 6.30. The highest BCUT2D eigenvalue weighted by atomic mass is 16.5. The van der Waals surface area contributed by atoms with Crippen LogP contribution < -0.4 is 10.9 Å². The van der Waals surface area contributed by atoms with Crippen molar-refractivity contribution in [2.45, 2.75) is 46.4 Å². The number of morpholine rings is 1. The monoisotopic (exact) mass is 293 g/mol. The summed E-state index contributed by atoms with van der Waals surface area (Å²) in [5.74, 6) is 0. The predicted molar refractivity (Wildman–Crippen MR) is 80.4 cm³/mol. The van der Waals surface area contributed by atoms with E-state index in [1.807, 2.05) is 33.8 Å². The first kappa shape index (κ1) is 15.6. The Balaban J connectivity index is 2.00. The number of aromatic amines is 1. The maximum atomic E-state index is 12.2. The van der Waals surface area contributed by atoms with Crippen LogP contribution in [-0.4, -0.2) is 41.2 Å². The van der Waals surface area contributed by atoms with Crippen LogP contribution in [0, 0.1) is 13.8 Å². The van der Waals surface area contributed by atoms with E-state index < -0.39 is 0 Å². The molecule has 1 aliphatic heterocycles. The van der Waals surface area contributed by atoms with Crippen molar-refractivity contribution in [2.24, 2.45) is 0 Å². The van der Waals surface area contributed by atoms with E-state index in [1.54, 1.807) is 4.90 Å². The number of nitrogens with zero attached hydrogens (tertiary/aromatic N) is 1. The number of H-pyrrole nitrogens is 1. The average molecular weight is 293 g/mol. The van der Waals surface area contributed by atoms with Crippen molar-refractivity contribution in [1.29, 1.82) is 0 Å². The third kappa shape index (κ3) is 3.85. The molecule has 1 aliphatic rings. The minimum absolute atomic E-state index is 0.0315. The number of rotatable bonds is 2. The van der Waals surface area contributed by atoms with Gasteiger partial charge in [0.25, 0.3) is 5.56 Å². The number of urea groups is 1. The topological polar surface area (TPSA) is 74.4 Å². The fourth-order valence-corrected chi connectivity index (χ4v) is 2.72. The molecule has 0 radical (unpaired) electrons. The Hall–Kier alpha value is -1.82. The van der Waals surface area contributed by atoms with Gasteiger partial charge in [-0.15, -0.1) is 0 Å². The molecular formula is C15H23N3O3. The van der Waals surface area contributed by atoms with Crippen molar-refractivity contribution >= 4 is 6.03 Å². The van der Waals surface area contributed by atoms with Gasteiger partial charge < -0.3 is 19.9 Å². The maximum Gasteiger partial charge on any atom is 0.317 e. The summed E-state index contributed by atoms with van der Waals surface area (Å²) in [6, 6.07) is 1.75. The van der Waals surface area contributed by atoms with Crippen molar-refractivity contribution in [1.82, 2.24) is 15.2 Å². The van der Waals surface area contributed by atoms with Crippen LogP contribution in [0.2, 0.25) is 0 Å². The lowest BCUT2D eigenvalue weighted by molar-refractivity contribution is -0.0545. The second-order valence-electron chi connectivity index (χ2n) is 5.76. The predicted octanol–water partition coefficient (Wildman–Crippen LogP) is 1.31. The molecule has 1 aromatic rings. The van der Waals surface area contributed by atoms with Crippen molar-refractivity contribution in [2.75, 3.05) is 13.1 Å². The Bertz CT molecular complexity index is 572. The molecule has 1 fully saturated rings. The normalized spacial score (nSPS) is 22.2. The van der Waals surface area contributed by atoms with Gasteiger partial charge in [0, 0.05) is 24.3 Å². The zero-order chi connectivity index (χ0) is 15.6. The van der Waals surface area contributed by atoms with Gasteiger partial charge in [0.15, 0.2) is 0 Å². The molecule has 116 valence electrons. The Morgan fingerprint density at radius 2 is 2.00 bits per heavy atom. The molecule has 2 amide bonds. The molecule has 2 atom stereocenters. The number of ether oxygens (including phenoxy) is 1. The summed E-state index contributed by atoms with van der Waals surface area (Å²) in [7, 11) is 0. The van der Waals surface area contributed by atoms with E-state index in [2.05, 4.69) is 10.3 Å². The van der Waals surface area contributed by atoms with Crippen LogP contribution in [0.1, 0.15) is 30.7 Å². The third-order valence-corrected chi connectivity index (χ3v) is 3.62. The zero-order valence-corrected chi connectivity index (χ0v) is 13.0. The number of carbonyl (C=O) groups is 1. The Kier molecular flexibility index (Phi) is 4.67. The molecule has 1 aromatic heterocycles. The first-order valence-corrected chi connectivity index (χ1v) is 7.24. The van der Waals surface area contributed by atoms with Crippen LogP contribution in [0.25, 0.3) is 0 Å². The van der Waals surface area contributed by atoms with Gasteiger partial charge in [0.05, 0.1) is 18.8 Å². The Labute approximate surface area is 124 Å². The number of hydrogen-bond donors (Lipinski definition) is 2. The molecule has 6 nitrogen and oxygen atoms in total. The molecule has 2 rings (SSSR count). The van der Waals surface area contributed by atoms with Crippen LogP contribution in [-0.2, 0) is 11.3 Å². The van der Waals surface area contributed by atoms with Crippen molar-refractivity contribution in [3.05, 3.63) is 33.2 Å². The standard InChI is InChI=1S/C15H23N3O3/c1-9-5-10(2)17-14(19)13(9)6-16-15(20)18-7-11(3)21-12(4)8-18/h5,11-12H,6-8H2,1-4H3,(H,16,20)(H,17,19)/t11-,12+. The summed E-state index contributed by atoms with van der Waals surface area (Å²) >= 11 is 0. The molecule has 6 heteroatoms. The van der Waals surface area contributed by atoms with Gasteiger partial charge in [-0.25, -0.2) is 4.79 Å². The van der Waals surface area contributed by atoms with Crippen LogP contribution in [0.4, 0.5) is 4.79 Å². The molecule has 1 saturated heterocycles.